The van der Waals surface area contributed by atoms with Crippen molar-refractivity contribution in [1.82, 2.24) is 0 Å². The van der Waals surface area contributed by atoms with E-state index in [4.69, 9.17) is 10.5 Å². The number of halogens is 1. The summed E-state index contributed by atoms with van der Waals surface area (Å²) in [6, 6.07) is 4.16. The molecule has 0 bridgehead atoms. The summed E-state index contributed by atoms with van der Waals surface area (Å²) in [7, 11) is 0. The third-order valence-corrected chi connectivity index (χ3v) is 2.03. The predicted molar refractivity (Wildman–Crippen MR) is 59.3 cm³/mol. The molecule has 1 aromatic rings. The van der Waals surface area contributed by atoms with Gasteiger partial charge in [0.15, 0.2) is 0 Å². The Morgan fingerprint density at radius 2 is 2.27 bits per heavy atom. The van der Waals surface area contributed by atoms with Crippen molar-refractivity contribution >= 4 is 0 Å². The Kier molecular flexibility index (Phi) is 4.31. The number of benzene rings is 1. The Hall–Kier alpha value is -1.35. The highest BCUT2D eigenvalue weighted by Crippen LogP contribution is 2.24. The van der Waals surface area contributed by atoms with Gasteiger partial charge in [-0.05, 0) is 32.0 Å². The highest BCUT2D eigenvalue weighted by atomic mass is 19.1. The molecule has 0 radical (unpaired) electrons. The van der Waals surface area contributed by atoms with E-state index in [0.29, 0.717) is 17.9 Å². The lowest BCUT2D eigenvalue weighted by atomic mass is 10.1. The van der Waals surface area contributed by atoms with Crippen LogP contribution in [0.4, 0.5) is 4.39 Å². The predicted octanol–water partition coefficient (Wildman–Crippen LogP) is 2.80. The Morgan fingerprint density at radius 1 is 1.53 bits per heavy atom. The second kappa shape index (κ2) is 5.51. The summed E-state index contributed by atoms with van der Waals surface area (Å²) >= 11 is 0. The minimum atomic E-state index is -0.291. The van der Waals surface area contributed by atoms with E-state index in [9.17, 15) is 4.39 Å². The normalized spacial score (nSPS) is 13.1. The molecule has 0 fully saturated rings. The van der Waals surface area contributed by atoms with Gasteiger partial charge in [0.1, 0.15) is 18.2 Å². The molecule has 3 heteroatoms. The summed E-state index contributed by atoms with van der Waals surface area (Å²) < 4.78 is 18.4. The zero-order chi connectivity index (χ0) is 11.3. The molecular weight excluding hydrogens is 193 g/mol. The van der Waals surface area contributed by atoms with Crippen LogP contribution in [0.2, 0.25) is 0 Å². The molecule has 15 heavy (non-hydrogen) atoms. The molecule has 0 aliphatic heterocycles. The van der Waals surface area contributed by atoms with Crippen molar-refractivity contribution in [2.24, 2.45) is 5.73 Å². The third-order valence-electron chi connectivity index (χ3n) is 2.03. The average Bonchev–Trinajstić information content (AvgIpc) is 2.20. The Labute approximate surface area is 89.6 Å². The molecule has 0 aromatic heterocycles. The number of ether oxygens (including phenoxy) is 1. The maximum absolute atomic E-state index is 13.0. The van der Waals surface area contributed by atoms with Crippen LogP contribution in [0, 0.1) is 5.82 Å². The van der Waals surface area contributed by atoms with Crippen molar-refractivity contribution in [3.8, 4) is 5.75 Å². The number of allylic oxidation sites excluding steroid dienone is 1. The summed E-state index contributed by atoms with van der Waals surface area (Å²) in [6.07, 6.45) is 3.78. The van der Waals surface area contributed by atoms with Gasteiger partial charge in [0.05, 0.1) is 0 Å². The van der Waals surface area contributed by atoms with Crippen LogP contribution in [-0.2, 0) is 0 Å². The summed E-state index contributed by atoms with van der Waals surface area (Å²) in [6.45, 7) is 4.19. The van der Waals surface area contributed by atoms with Gasteiger partial charge in [0.25, 0.3) is 0 Å². The first kappa shape index (κ1) is 11.7. The van der Waals surface area contributed by atoms with Crippen LogP contribution in [0.5, 0.6) is 5.75 Å². The molecule has 0 aliphatic carbocycles. The van der Waals surface area contributed by atoms with E-state index >= 15 is 0 Å². The summed E-state index contributed by atoms with van der Waals surface area (Å²) in [5.41, 5.74) is 6.42. The number of rotatable bonds is 4. The summed E-state index contributed by atoms with van der Waals surface area (Å²) in [4.78, 5) is 0. The van der Waals surface area contributed by atoms with E-state index in [2.05, 4.69) is 0 Å². The number of hydrogen-bond donors (Lipinski definition) is 1. The Balaban J connectivity index is 2.85. The molecule has 1 aromatic carbocycles. The largest absolute Gasteiger partial charge is 0.489 e. The average molecular weight is 209 g/mol. The zero-order valence-corrected chi connectivity index (χ0v) is 9.03. The molecule has 2 N–H and O–H groups in total. The molecule has 82 valence electrons. The van der Waals surface area contributed by atoms with Gasteiger partial charge in [-0.15, -0.1) is 0 Å². The van der Waals surface area contributed by atoms with Gasteiger partial charge in [-0.25, -0.2) is 4.39 Å². The Morgan fingerprint density at radius 3 is 2.87 bits per heavy atom. The second-order valence-electron chi connectivity index (χ2n) is 3.35. The molecule has 0 spiro atoms. The molecule has 1 rings (SSSR count). The lowest BCUT2D eigenvalue weighted by molar-refractivity contribution is 0.355. The maximum atomic E-state index is 13.0. The van der Waals surface area contributed by atoms with Crippen LogP contribution in [0.15, 0.2) is 30.4 Å². The second-order valence-corrected chi connectivity index (χ2v) is 3.35. The van der Waals surface area contributed by atoms with Gasteiger partial charge < -0.3 is 10.5 Å². The molecular formula is C12H16FNO. The topological polar surface area (TPSA) is 35.2 Å². The van der Waals surface area contributed by atoms with Crippen molar-refractivity contribution < 1.29 is 9.13 Å². The SMILES string of the molecule is CC=CCOc1ccc(F)cc1C(C)N. The van der Waals surface area contributed by atoms with Crippen molar-refractivity contribution in [2.45, 2.75) is 19.9 Å². The lowest BCUT2D eigenvalue weighted by Crippen LogP contribution is -2.08. The molecule has 2 nitrogen and oxygen atoms in total. The number of nitrogens with two attached hydrogens (primary N) is 1. The highest BCUT2D eigenvalue weighted by Gasteiger charge is 2.08. The summed E-state index contributed by atoms with van der Waals surface area (Å²) in [5, 5.41) is 0. The van der Waals surface area contributed by atoms with Crippen molar-refractivity contribution in [1.29, 1.82) is 0 Å². The fourth-order valence-corrected chi connectivity index (χ4v) is 1.24. The van der Waals surface area contributed by atoms with Gasteiger partial charge >= 0.3 is 0 Å². The van der Waals surface area contributed by atoms with E-state index in [0.717, 1.165) is 0 Å². The minimum absolute atomic E-state index is 0.235. The molecule has 0 aliphatic rings. The van der Waals surface area contributed by atoms with E-state index < -0.39 is 0 Å². The first-order valence-electron chi connectivity index (χ1n) is 4.94. The quantitative estimate of drug-likeness (QED) is 0.774. The van der Waals surface area contributed by atoms with Gasteiger partial charge in [-0.2, -0.15) is 0 Å². The van der Waals surface area contributed by atoms with E-state index in [1.54, 1.807) is 13.0 Å². The van der Waals surface area contributed by atoms with E-state index in [1.807, 2.05) is 19.1 Å². The monoisotopic (exact) mass is 209 g/mol. The van der Waals surface area contributed by atoms with Crippen LogP contribution < -0.4 is 10.5 Å². The maximum Gasteiger partial charge on any atom is 0.124 e. The van der Waals surface area contributed by atoms with Gasteiger partial charge in [0.2, 0.25) is 0 Å². The molecule has 0 saturated heterocycles. The van der Waals surface area contributed by atoms with Gasteiger partial charge in [-0.1, -0.05) is 12.2 Å². The lowest BCUT2D eigenvalue weighted by Gasteiger charge is -2.12. The third kappa shape index (κ3) is 3.36. The smallest absolute Gasteiger partial charge is 0.124 e. The first-order chi connectivity index (χ1) is 7.15. The minimum Gasteiger partial charge on any atom is -0.489 e. The van der Waals surface area contributed by atoms with Crippen LogP contribution in [0.1, 0.15) is 25.5 Å². The van der Waals surface area contributed by atoms with E-state index in [1.165, 1.54) is 12.1 Å². The molecule has 1 atom stereocenters. The molecule has 1 unspecified atom stereocenters. The van der Waals surface area contributed by atoms with Crippen molar-refractivity contribution in [3.63, 3.8) is 0 Å². The van der Waals surface area contributed by atoms with Crippen LogP contribution in [-0.4, -0.2) is 6.61 Å². The van der Waals surface area contributed by atoms with Crippen LogP contribution >= 0.6 is 0 Å². The van der Waals surface area contributed by atoms with E-state index in [-0.39, 0.29) is 11.9 Å². The summed E-state index contributed by atoms with van der Waals surface area (Å²) in [5.74, 6) is 0.352. The van der Waals surface area contributed by atoms with Crippen LogP contribution in [0.3, 0.4) is 0 Å². The first-order valence-corrected chi connectivity index (χ1v) is 4.94. The number of hydrogen-bond acceptors (Lipinski definition) is 2. The highest BCUT2D eigenvalue weighted by molar-refractivity contribution is 5.36. The molecule has 0 amide bonds. The fourth-order valence-electron chi connectivity index (χ4n) is 1.24. The Bertz CT molecular complexity index is 347. The van der Waals surface area contributed by atoms with Gasteiger partial charge in [0, 0.05) is 11.6 Å². The van der Waals surface area contributed by atoms with Crippen LogP contribution in [0.25, 0.3) is 0 Å². The van der Waals surface area contributed by atoms with Gasteiger partial charge in [-0.3, -0.25) is 0 Å². The van der Waals surface area contributed by atoms with Crippen molar-refractivity contribution in [2.75, 3.05) is 6.61 Å². The zero-order valence-electron chi connectivity index (χ0n) is 9.03. The van der Waals surface area contributed by atoms with Crippen molar-refractivity contribution in [3.05, 3.63) is 41.7 Å². The molecule has 0 heterocycles. The fraction of sp³-hybridized carbons (Fsp3) is 0.333. The molecule has 0 saturated carbocycles. The standard InChI is InChI=1S/C12H16FNO/c1-3-4-7-15-12-6-5-10(13)8-11(12)9(2)14/h3-6,8-9H,7,14H2,1-2H3.